The topological polar surface area (TPSA) is 60.0 Å². The van der Waals surface area contributed by atoms with Crippen LogP contribution in [0.25, 0.3) is 0 Å². The number of carbonyl (C=O) groups excluding carboxylic acids is 1. The molecule has 1 saturated heterocycles. The number of amides is 1. The van der Waals surface area contributed by atoms with Crippen LogP contribution >= 0.6 is 12.2 Å². The van der Waals surface area contributed by atoms with Crippen LogP contribution in [0.1, 0.15) is 19.3 Å². The van der Waals surface area contributed by atoms with Crippen LogP contribution in [0.3, 0.4) is 0 Å². The molecule has 1 N–H and O–H groups in total. The Morgan fingerprint density at radius 1 is 1.38 bits per heavy atom. The van der Waals surface area contributed by atoms with Crippen molar-refractivity contribution < 1.29 is 19.0 Å². The Balaban J connectivity index is 1.65. The lowest BCUT2D eigenvalue weighted by Gasteiger charge is -2.28. The minimum absolute atomic E-state index is 0.0275. The van der Waals surface area contributed by atoms with Crippen molar-refractivity contribution in [1.82, 2.24) is 10.2 Å². The molecule has 0 spiro atoms. The van der Waals surface area contributed by atoms with E-state index in [2.05, 4.69) is 16.3 Å². The molecule has 3 aliphatic rings. The number of ether oxygens (including phenoxy) is 3. The second kappa shape index (κ2) is 9.12. The second-order valence-electron chi connectivity index (χ2n) is 6.36. The molecule has 6 nitrogen and oxygen atoms in total. The molecule has 1 fully saturated rings. The van der Waals surface area contributed by atoms with Crippen molar-refractivity contribution in [2.75, 3.05) is 39.9 Å². The van der Waals surface area contributed by atoms with Crippen molar-refractivity contribution >= 4 is 23.2 Å². The predicted octanol–water partition coefficient (Wildman–Crippen LogP) is 2.20. The van der Waals surface area contributed by atoms with Gasteiger partial charge in [0.1, 0.15) is 5.76 Å². The minimum atomic E-state index is 0.0275. The highest BCUT2D eigenvalue weighted by Gasteiger charge is 2.22. The molecule has 1 amide bonds. The van der Waals surface area contributed by atoms with Gasteiger partial charge < -0.3 is 19.5 Å². The molecule has 0 aromatic carbocycles. The molecule has 26 heavy (non-hydrogen) atoms. The molecule has 0 radical (unpaired) electrons. The van der Waals surface area contributed by atoms with Crippen LogP contribution in [0.4, 0.5) is 0 Å². The zero-order chi connectivity index (χ0) is 18.4. The number of morpholine rings is 1. The van der Waals surface area contributed by atoms with E-state index in [1.807, 2.05) is 6.08 Å². The maximum absolute atomic E-state index is 11.5. The van der Waals surface area contributed by atoms with Gasteiger partial charge >= 0.3 is 0 Å². The summed E-state index contributed by atoms with van der Waals surface area (Å²) in [4.78, 5) is 13.8. The quantitative estimate of drug-likeness (QED) is 0.717. The first kappa shape index (κ1) is 18.8. The number of hydrogen-bond acceptors (Lipinski definition) is 6. The van der Waals surface area contributed by atoms with E-state index in [-0.39, 0.29) is 5.91 Å². The summed E-state index contributed by atoms with van der Waals surface area (Å²) in [5, 5.41) is 3.21. The van der Waals surface area contributed by atoms with Gasteiger partial charge in [0.25, 0.3) is 0 Å². The van der Waals surface area contributed by atoms with E-state index in [1.54, 1.807) is 19.6 Å². The molecule has 2 aliphatic heterocycles. The first-order valence-corrected chi connectivity index (χ1v) is 9.23. The summed E-state index contributed by atoms with van der Waals surface area (Å²) in [5.74, 6) is 0.850. The van der Waals surface area contributed by atoms with E-state index in [1.165, 1.54) is 0 Å². The molecule has 140 valence electrons. The van der Waals surface area contributed by atoms with E-state index in [0.29, 0.717) is 30.9 Å². The fourth-order valence-electron chi connectivity index (χ4n) is 3.08. The van der Waals surface area contributed by atoms with Crippen LogP contribution in [0, 0.1) is 0 Å². The lowest BCUT2D eigenvalue weighted by atomic mass is 9.90. The Kier molecular flexibility index (Phi) is 6.60. The van der Waals surface area contributed by atoms with Gasteiger partial charge in [0, 0.05) is 44.1 Å². The Bertz CT molecular complexity index is 688. The fourth-order valence-corrected chi connectivity index (χ4v) is 3.36. The lowest BCUT2D eigenvalue weighted by Crippen LogP contribution is -2.39. The highest BCUT2D eigenvalue weighted by molar-refractivity contribution is 7.80. The minimum Gasteiger partial charge on any atom is -0.472 e. The van der Waals surface area contributed by atoms with Gasteiger partial charge in [-0.3, -0.25) is 9.69 Å². The molecule has 0 bridgehead atoms. The van der Waals surface area contributed by atoms with Gasteiger partial charge in [-0.15, -0.1) is 0 Å². The summed E-state index contributed by atoms with van der Waals surface area (Å²) < 4.78 is 16.7. The molecule has 0 aromatic heterocycles. The smallest absolute Gasteiger partial charge is 0.220 e. The molecule has 0 saturated carbocycles. The summed E-state index contributed by atoms with van der Waals surface area (Å²) >= 11 is 5.48. The average Bonchev–Trinajstić information content (AvgIpc) is 2.66. The number of allylic oxidation sites excluding steroid dienone is 5. The largest absolute Gasteiger partial charge is 0.472 e. The SMILES string of the molecule is CNC(=O)CCC1=CC2=COC=CC2=C(OC(=S)CN2CCOCC2)C1. The van der Waals surface area contributed by atoms with Gasteiger partial charge in [-0.05, 0) is 24.7 Å². The van der Waals surface area contributed by atoms with E-state index in [0.717, 1.165) is 48.8 Å². The van der Waals surface area contributed by atoms with Crippen LogP contribution in [-0.4, -0.2) is 55.8 Å². The summed E-state index contributed by atoms with van der Waals surface area (Å²) in [6, 6.07) is 0. The Labute approximate surface area is 159 Å². The molecular weight excluding hydrogens is 352 g/mol. The first-order valence-electron chi connectivity index (χ1n) is 8.82. The molecule has 7 heteroatoms. The molecule has 3 rings (SSSR count). The van der Waals surface area contributed by atoms with Gasteiger partial charge in [-0.1, -0.05) is 11.6 Å². The van der Waals surface area contributed by atoms with E-state index in [4.69, 9.17) is 26.4 Å². The molecule has 0 atom stereocenters. The monoisotopic (exact) mass is 376 g/mol. The normalized spacial score (nSPS) is 19.9. The van der Waals surface area contributed by atoms with Crippen molar-refractivity contribution in [3.63, 3.8) is 0 Å². The zero-order valence-corrected chi connectivity index (χ0v) is 15.8. The first-order chi connectivity index (χ1) is 12.7. The van der Waals surface area contributed by atoms with Crippen LogP contribution in [0.15, 0.2) is 47.2 Å². The summed E-state index contributed by atoms with van der Waals surface area (Å²) in [6.45, 7) is 3.81. The van der Waals surface area contributed by atoms with Gasteiger partial charge in [0.15, 0.2) is 5.05 Å². The standard InChI is InChI=1S/C19H24N2O4S/c1-20-18(22)3-2-14-10-15-13-24-7-4-16(15)17(11-14)25-19(26)12-21-5-8-23-9-6-21/h4,7,10,13H,2-3,5-6,8-9,11-12H2,1H3,(H,20,22). The van der Waals surface area contributed by atoms with Gasteiger partial charge in [0.05, 0.1) is 32.3 Å². The van der Waals surface area contributed by atoms with Gasteiger partial charge in [-0.2, -0.15) is 0 Å². The van der Waals surface area contributed by atoms with Crippen molar-refractivity contribution in [1.29, 1.82) is 0 Å². The van der Waals surface area contributed by atoms with Crippen molar-refractivity contribution in [2.45, 2.75) is 19.3 Å². The van der Waals surface area contributed by atoms with E-state index in [9.17, 15) is 4.79 Å². The van der Waals surface area contributed by atoms with E-state index < -0.39 is 0 Å². The van der Waals surface area contributed by atoms with Crippen molar-refractivity contribution in [3.8, 4) is 0 Å². The summed E-state index contributed by atoms with van der Waals surface area (Å²) in [6.07, 6.45) is 9.08. The van der Waals surface area contributed by atoms with Crippen molar-refractivity contribution in [3.05, 3.63) is 47.2 Å². The molecule has 0 unspecified atom stereocenters. The second-order valence-corrected chi connectivity index (χ2v) is 6.82. The highest BCUT2D eigenvalue weighted by Crippen LogP contribution is 2.34. The summed E-state index contributed by atoms with van der Waals surface area (Å²) in [5.41, 5.74) is 3.07. The van der Waals surface area contributed by atoms with Crippen LogP contribution < -0.4 is 5.32 Å². The number of thiocarbonyl (C=S) groups is 1. The number of nitrogens with one attached hydrogen (secondary N) is 1. The molecular formula is C19H24N2O4S. The Morgan fingerprint density at radius 3 is 2.96 bits per heavy atom. The van der Waals surface area contributed by atoms with E-state index >= 15 is 0 Å². The maximum atomic E-state index is 11.5. The number of nitrogens with zero attached hydrogens (tertiary/aromatic N) is 1. The Hall–Kier alpha value is -1.96. The van der Waals surface area contributed by atoms with Crippen LogP contribution in [0.2, 0.25) is 0 Å². The maximum Gasteiger partial charge on any atom is 0.220 e. The number of carbonyl (C=O) groups is 1. The third-order valence-corrected chi connectivity index (χ3v) is 4.72. The molecule has 2 heterocycles. The van der Waals surface area contributed by atoms with Gasteiger partial charge in [-0.25, -0.2) is 0 Å². The van der Waals surface area contributed by atoms with Crippen LogP contribution in [0.5, 0.6) is 0 Å². The Morgan fingerprint density at radius 2 is 2.19 bits per heavy atom. The lowest BCUT2D eigenvalue weighted by molar-refractivity contribution is -0.120. The van der Waals surface area contributed by atoms with Crippen LogP contribution in [-0.2, 0) is 19.0 Å². The molecule has 1 aliphatic carbocycles. The third-order valence-electron chi connectivity index (χ3n) is 4.51. The fraction of sp³-hybridized carbons (Fsp3) is 0.474. The third kappa shape index (κ3) is 5.03. The van der Waals surface area contributed by atoms with Gasteiger partial charge in [0.2, 0.25) is 5.91 Å². The summed E-state index contributed by atoms with van der Waals surface area (Å²) in [7, 11) is 1.65. The number of rotatable bonds is 6. The zero-order valence-electron chi connectivity index (χ0n) is 15.0. The highest BCUT2D eigenvalue weighted by atomic mass is 32.1. The predicted molar refractivity (Wildman–Crippen MR) is 102 cm³/mol. The average molecular weight is 376 g/mol. The molecule has 0 aromatic rings. The number of fused-ring (bicyclic) bond motifs is 1. The number of hydrogen-bond donors (Lipinski definition) is 1. The van der Waals surface area contributed by atoms with Crippen molar-refractivity contribution in [2.24, 2.45) is 0 Å².